The second-order valence-electron chi connectivity index (χ2n) is 4.53. The van der Waals surface area contributed by atoms with Crippen LogP contribution in [0.2, 0.25) is 0 Å². The first-order valence-electron chi connectivity index (χ1n) is 7.22. The van der Waals surface area contributed by atoms with Crippen molar-refractivity contribution in [3.63, 3.8) is 0 Å². The van der Waals surface area contributed by atoms with Crippen LogP contribution in [0.5, 0.6) is 5.75 Å². The highest BCUT2D eigenvalue weighted by Crippen LogP contribution is 2.24. The van der Waals surface area contributed by atoms with Gasteiger partial charge in [0.1, 0.15) is 19.0 Å². The highest BCUT2D eigenvalue weighted by molar-refractivity contribution is 5.88. The Labute approximate surface area is 130 Å². The van der Waals surface area contributed by atoms with Crippen molar-refractivity contribution in [3.05, 3.63) is 42.5 Å². The van der Waals surface area contributed by atoms with Crippen LogP contribution in [0.25, 0.3) is 10.8 Å². The van der Waals surface area contributed by atoms with E-state index in [9.17, 15) is 4.79 Å². The lowest BCUT2D eigenvalue weighted by Crippen LogP contribution is -2.27. The van der Waals surface area contributed by atoms with Gasteiger partial charge in [-0.2, -0.15) is 0 Å². The van der Waals surface area contributed by atoms with Crippen LogP contribution in [0.15, 0.2) is 42.5 Å². The lowest BCUT2D eigenvalue weighted by atomic mass is 10.1. The van der Waals surface area contributed by atoms with Gasteiger partial charge in [0.15, 0.2) is 0 Å². The molecule has 0 bridgehead atoms. The maximum Gasteiger partial charge on any atom is 0.246 e. The molecule has 0 aromatic heterocycles. The van der Waals surface area contributed by atoms with Crippen LogP contribution >= 0.6 is 0 Å². The molecular weight excluding hydrogens is 278 g/mol. The fourth-order valence-corrected chi connectivity index (χ4v) is 1.94. The monoisotopic (exact) mass is 297 g/mol. The topological polar surface area (TPSA) is 47.6 Å². The fourth-order valence-electron chi connectivity index (χ4n) is 1.94. The van der Waals surface area contributed by atoms with Gasteiger partial charge >= 0.3 is 0 Å². The van der Waals surface area contributed by atoms with Crippen molar-refractivity contribution in [2.75, 3.05) is 26.4 Å². The number of rotatable bonds is 6. The molecule has 0 heterocycles. The van der Waals surface area contributed by atoms with Gasteiger partial charge in [-0.25, -0.2) is 0 Å². The Morgan fingerprint density at radius 1 is 1.14 bits per heavy atom. The molecule has 0 aliphatic carbocycles. The molecule has 4 heteroatoms. The van der Waals surface area contributed by atoms with E-state index in [1.54, 1.807) is 0 Å². The van der Waals surface area contributed by atoms with Crippen molar-refractivity contribution in [2.24, 2.45) is 0 Å². The average molecular weight is 297 g/mol. The SMILES string of the molecule is CCOCC(=O)NCC#CCOc1cccc2ccccc12. The normalized spacial score (nSPS) is 9.86. The summed E-state index contributed by atoms with van der Waals surface area (Å²) in [6, 6.07) is 14.0. The predicted octanol–water partition coefficient (Wildman–Crippen LogP) is 2.37. The highest BCUT2D eigenvalue weighted by atomic mass is 16.5. The van der Waals surface area contributed by atoms with Crippen LogP contribution in [0.3, 0.4) is 0 Å². The summed E-state index contributed by atoms with van der Waals surface area (Å²) in [7, 11) is 0. The van der Waals surface area contributed by atoms with E-state index in [0.717, 1.165) is 16.5 Å². The molecule has 1 amide bonds. The van der Waals surface area contributed by atoms with Crippen LogP contribution in [0.1, 0.15) is 6.92 Å². The highest BCUT2D eigenvalue weighted by Gasteiger charge is 1.99. The van der Waals surface area contributed by atoms with E-state index < -0.39 is 0 Å². The van der Waals surface area contributed by atoms with E-state index in [1.807, 2.05) is 49.4 Å². The summed E-state index contributed by atoms with van der Waals surface area (Å²) >= 11 is 0. The minimum Gasteiger partial charge on any atom is -0.480 e. The van der Waals surface area contributed by atoms with E-state index in [1.165, 1.54) is 0 Å². The second-order valence-corrected chi connectivity index (χ2v) is 4.53. The molecule has 0 fully saturated rings. The lowest BCUT2D eigenvalue weighted by molar-refractivity contribution is -0.125. The molecule has 2 aromatic carbocycles. The van der Waals surface area contributed by atoms with E-state index in [-0.39, 0.29) is 19.1 Å². The molecule has 0 spiro atoms. The Bertz CT molecular complexity index is 680. The molecular formula is C18H19NO3. The van der Waals surface area contributed by atoms with Gasteiger partial charge in [0.25, 0.3) is 0 Å². The largest absolute Gasteiger partial charge is 0.480 e. The quantitative estimate of drug-likeness (QED) is 0.833. The molecule has 0 saturated heterocycles. The number of nitrogens with one attached hydrogen (secondary N) is 1. The third-order valence-corrected chi connectivity index (χ3v) is 2.99. The summed E-state index contributed by atoms with van der Waals surface area (Å²) < 4.78 is 10.7. The molecule has 0 saturated carbocycles. The molecule has 0 aliphatic heterocycles. The number of benzene rings is 2. The van der Waals surface area contributed by atoms with Crippen LogP contribution in [0.4, 0.5) is 0 Å². The number of hydrogen-bond acceptors (Lipinski definition) is 3. The molecule has 0 radical (unpaired) electrons. The molecule has 2 rings (SSSR count). The summed E-state index contributed by atoms with van der Waals surface area (Å²) in [4.78, 5) is 11.3. The lowest BCUT2D eigenvalue weighted by Gasteiger charge is -2.06. The van der Waals surface area contributed by atoms with Gasteiger partial charge in [0.05, 0.1) is 6.54 Å². The zero-order valence-electron chi connectivity index (χ0n) is 12.6. The van der Waals surface area contributed by atoms with Gasteiger partial charge < -0.3 is 14.8 Å². The Kier molecular flexibility index (Phi) is 6.28. The minimum atomic E-state index is -0.161. The summed E-state index contributed by atoms with van der Waals surface area (Å²) in [5.74, 6) is 6.38. The molecule has 1 N–H and O–H groups in total. The van der Waals surface area contributed by atoms with Crippen molar-refractivity contribution >= 4 is 16.7 Å². The molecule has 0 unspecified atom stereocenters. The number of fused-ring (bicyclic) bond motifs is 1. The molecule has 22 heavy (non-hydrogen) atoms. The maximum atomic E-state index is 11.3. The van der Waals surface area contributed by atoms with E-state index >= 15 is 0 Å². The second kappa shape index (κ2) is 8.71. The fraction of sp³-hybridized carbons (Fsp3) is 0.278. The van der Waals surface area contributed by atoms with Crippen molar-refractivity contribution in [1.82, 2.24) is 5.32 Å². The Morgan fingerprint density at radius 3 is 2.82 bits per heavy atom. The number of hydrogen-bond donors (Lipinski definition) is 1. The molecule has 4 nitrogen and oxygen atoms in total. The van der Waals surface area contributed by atoms with E-state index in [0.29, 0.717) is 13.2 Å². The molecule has 114 valence electrons. The van der Waals surface area contributed by atoms with Crippen LogP contribution in [-0.2, 0) is 9.53 Å². The average Bonchev–Trinajstić information content (AvgIpc) is 2.56. The zero-order chi connectivity index (χ0) is 15.6. The van der Waals surface area contributed by atoms with E-state index in [2.05, 4.69) is 17.2 Å². The number of amides is 1. The summed E-state index contributed by atoms with van der Waals surface area (Å²) in [5, 5.41) is 4.85. The molecule has 2 aromatic rings. The van der Waals surface area contributed by atoms with Crippen molar-refractivity contribution in [3.8, 4) is 17.6 Å². The standard InChI is InChI=1S/C18H19NO3/c1-2-21-14-18(20)19-12-5-6-13-22-17-11-7-9-15-8-3-4-10-16(15)17/h3-4,7-11H,2,12-14H2,1H3,(H,19,20). The molecule has 0 atom stereocenters. The summed E-state index contributed by atoms with van der Waals surface area (Å²) in [5.41, 5.74) is 0. The van der Waals surface area contributed by atoms with Gasteiger partial charge in [-0.3, -0.25) is 4.79 Å². The maximum absolute atomic E-state index is 11.3. The van der Waals surface area contributed by atoms with Crippen molar-refractivity contribution < 1.29 is 14.3 Å². The third kappa shape index (κ3) is 4.80. The Balaban J connectivity index is 1.79. The predicted molar refractivity (Wildman–Crippen MR) is 86.7 cm³/mol. The van der Waals surface area contributed by atoms with Crippen LogP contribution in [-0.4, -0.2) is 32.3 Å². The van der Waals surface area contributed by atoms with E-state index in [4.69, 9.17) is 9.47 Å². The van der Waals surface area contributed by atoms with Gasteiger partial charge in [0, 0.05) is 12.0 Å². The van der Waals surface area contributed by atoms with Crippen LogP contribution < -0.4 is 10.1 Å². The van der Waals surface area contributed by atoms with Crippen molar-refractivity contribution in [1.29, 1.82) is 0 Å². The Morgan fingerprint density at radius 2 is 1.95 bits per heavy atom. The zero-order valence-corrected chi connectivity index (χ0v) is 12.6. The van der Waals surface area contributed by atoms with Crippen molar-refractivity contribution in [2.45, 2.75) is 6.92 Å². The number of carbonyl (C=O) groups excluding carboxylic acids is 1. The first-order valence-corrected chi connectivity index (χ1v) is 7.22. The summed E-state index contributed by atoms with van der Waals surface area (Å²) in [6.45, 7) is 3.03. The van der Waals surface area contributed by atoms with Gasteiger partial charge in [-0.15, -0.1) is 0 Å². The van der Waals surface area contributed by atoms with Gasteiger partial charge in [0.2, 0.25) is 5.91 Å². The van der Waals surface area contributed by atoms with Crippen LogP contribution in [0, 0.1) is 11.8 Å². The number of carbonyl (C=O) groups is 1. The third-order valence-electron chi connectivity index (χ3n) is 2.99. The van der Waals surface area contributed by atoms with Gasteiger partial charge in [-0.05, 0) is 18.4 Å². The first-order chi connectivity index (χ1) is 10.8. The summed E-state index contributed by atoms with van der Waals surface area (Å²) in [6.07, 6.45) is 0. The molecule has 0 aliphatic rings. The van der Waals surface area contributed by atoms with Gasteiger partial charge in [-0.1, -0.05) is 48.2 Å². The minimum absolute atomic E-state index is 0.0741. The smallest absolute Gasteiger partial charge is 0.246 e. The Hall–Kier alpha value is -2.51. The first kappa shape index (κ1) is 15.9. The number of ether oxygens (including phenoxy) is 2.